The highest BCUT2D eigenvalue weighted by Gasteiger charge is 2.33. The third-order valence-corrected chi connectivity index (χ3v) is 5.24. The monoisotopic (exact) mass is 398 g/mol. The minimum absolute atomic E-state index is 0.126. The van der Waals surface area contributed by atoms with Gasteiger partial charge in [0.25, 0.3) is 0 Å². The number of nitrogens with zero attached hydrogens (tertiary/aromatic N) is 2. The van der Waals surface area contributed by atoms with Crippen molar-refractivity contribution in [2.45, 2.75) is 19.4 Å². The Bertz CT molecular complexity index is 1030. The summed E-state index contributed by atoms with van der Waals surface area (Å²) in [6, 6.07) is 18.7. The van der Waals surface area contributed by atoms with Crippen LogP contribution in [0.5, 0.6) is 0 Å². The Labute approximate surface area is 167 Å². The second-order valence-electron chi connectivity index (χ2n) is 6.33. The predicted molar refractivity (Wildman–Crippen MR) is 107 cm³/mol. The maximum absolute atomic E-state index is 12.1. The summed E-state index contributed by atoms with van der Waals surface area (Å²) in [7, 11) is 0. The van der Waals surface area contributed by atoms with E-state index in [-0.39, 0.29) is 11.9 Å². The highest BCUT2D eigenvalue weighted by Crippen LogP contribution is 2.36. The van der Waals surface area contributed by atoms with Gasteiger partial charge in [-0.15, -0.1) is 0 Å². The fourth-order valence-electron chi connectivity index (χ4n) is 3.16. The summed E-state index contributed by atoms with van der Waals surface area (Å²) in [4.78, 5) is 12.1. The molecule has 2 heterocycles. The van der Waals surface area contributed by atoms with Crippen molar-refractivity contribution in [2.24, 2.45) is 5.10 Å². The third kappa shape index (κ3) is 3.51. The highest BCUT2D eigenvalue weighted by molar-refractivity contribution is 6.42. The number of rotatable bonds is 3. The molecular weight excluding hydrogens is 383 g/mol. The van der Waals surface area contributed by atoms with Gasteiger partial charge < -0.3 is 4.42 Å². The van der Waals surface area contributed by atoms with E-state index in [2.05, 4.69) is 5.10 Å². The van der Waals surface area contributed by atoms with E-state index in [0.29, 0.717) is 28.0 Å². The average molecular weight is 399 g/mol. The number of hydrogen-bond donors (Lipinski definition) is 0. The van der Waals surface area contributed by atoms with Crippen molar-refractivity contribution >= 4 is 34.8 Å². The van der Waals surface area contributed by atoms with E-state index in [9.17, 15) is 4.79 Å². The van der Waals surface area contributed by atoms with Gasteiger partial charge >= 0.3 is 0 Å². The molecule has 0 saturated carbocycles. The van der Waals surface area contributed by atoms with Crippen LogP contribution in [-0.4, -0.2) is 16.6 Å². The van der Waals surface area contributed by atoms with Crippen LogP contribution >= 0.6 is 23.2 Å². The lowest BCUT2D eigenvalue weighted by molar-refractivity contribution is -0.130. The van der Waals surface area contributed by atoms with E-state index < -0.39 is 0 Å². The first-order chi connectivity index (χ1) is 13.0. The second kappa shape index (κ2) is 7.22. The van der Waals surface area contributed by atoms with Crippen molar-refractivity contribution in [1.82, 2.24) is 5.01 Å². The average Bonchev–Trinajstić information content (AvgIpc) is 3.31. The van der Waals surface area contributed by atoms with E-state index in [0.717, 1.165) is 16.8 Å². The zero-order chi connectivity index (χ0) is 19.0. The van der Waals surface area contributed by atoms with Crippen LogP contribution in [0, 0.1) is 0 Å². The molecule has 1 atom stereocenters. The van der Waals surface area contributed by atoms with Gasteiger partial charge in [-0.2, -0.15) is 5.10 Å². The van der Waals surface area contributed by atoms with E-state index in [4.69, 9.17) is 27.6 Å². The van der Waals surface area contributed by atoms with Gasteiger partial charge in [0.2, 0.25) is 5.91 Å². The Morgan fingerprint density at radius 1 is 1.04 bits per heavy atom. The molecule has 0 radical (unpaired) electrons. The molecule has 0 aliphatic carbocycles. The highest BCUT2D eigenvalue weighted by atomic mass is 35.5. The van der Waals surface area contributed by atoms with Crippen molar-refractivity contribution in [3.05, 3.63) is 82.0 Å². The molecule has 136 valence electrons. The summed E-state index contributed by atoms with van der Waals surface area (Å²) in [5, 5.41) is 6.97. The molecule has 0 N–H and O–H groups in total. The first-order valence-corrected chi connectivity index (χ1v) is 9.26. The van der Waals surface area contributed by atoms with Crippen molar-refractivity contribution in [2.75, 3.05) is 0 Å². The number of benzene rings is 2. The van der Waals surface area contributed by atoms with Gasteiger partial charge in [0.1, 0.15) is 17.6 Å². The molecule has 0 fully saturated rings. The van der Waals surface area contributed by atoms with Crippen molar-refractivity contribution < 1.29 is 9.21 Å². The first kappa shape index (κ1) is 17.8. The Morgan fingerprint density at radius 3 is 2.52 bits per heavy atom. The molecule has 2 aromatic carbocycles. The van der Waals surface area contributed by atoms with Crippen molar-refractivity contribution in [1.29, 1.82) is 0 Å². The molecule has 1 unspecified atom stereocenters. The van der Waals surface area contributed by atoms with E-state index in [1.54, 1.807) is 12.1 Å². The molecule has 0 bridgehead atoms. The van der Waals surface area contributed by atoms with Crippen LogP contribution in [-0.2, 0) is 4.79 Å². The van der Waals surface area contributed by atoms with Crippen LogP contribution in [0.1, 0.15) is 30.7 Å². The number of furan rings is 1. The number of hydrogen-bond acceptors (Lipinski definition) is 3. The number of halogens is 2. The SMILES string of the molecule is CC(=O)N1N=C(c2ccccc2)CC1c1ccc(-c2ccc(Cl)c(Cl)c2)o1. The Morgan fingerprint density at radius 2 is 1.81 bits per heavy atom. The first-order valence-electron chi connectivity index (χ1n) is 8.51. The molecule has 1 aliphatic heterocycles. The quantitative estimate of drug-likeness (QED) is 0.546. The Balaban J connectivity index is 1.64. The maximum atomic E-state index is 12.1. The van der Waals surface area contributed by atoms with Gasteiger partial charge in [-0.3, -0.25) is 4.79 Å². The smallest absolute Gasteiger partial charge is 0.240 e. The maximum Gasteiger partial charge on any atom is 0.240 e. The van der Waals surface area contributed by atoms with Crippen LogP contribution in [0.25, 0.3) is 11.3 Å². The van der Waals surface area contributed by atoms with Gasteiger partial charge in [0.05, 0.1) is 15.8 Å². The fraction of sp³-hybridized carbons (Fsp3) is 0.143. The van der Waals surface area contributed by atoms with E-state index in [1.165, 1.54) is 11.9 Å². The summed E-state index contributed by atoms with van der Waals surface area (Å²) >= 11 is 12.1. The number of hydrazone groups is 1. The van der Waals surface area contributed by atoms with Gasteiger partial charge in [-0.1, -0.05) is 53.5 Å². The summed E-state index contributed by atoms with van der Waals surface area (Å²) < 4.78 is 6.04. The van der Waals surface area contributed by atoms with Crippen LogP contribution < -0.4 is 0 Å². The largest absolute Gasteiger partial charge is 0.459 e. The molecule has 27 heavy (non-hydrogen) atoms. The lowest BCUT2D eigenvalue weighted by Gasteiger charge is -2.17. The standard InChI is InChI=1S/C21H16Cl2N2O2/c1-13(26)25-19(12-18(24-25)14-5-3-2-4-6-14)21-10-9-20(27-21)15-7-8-16(22)17(23)11-15/h2-11,19H,12H2,1H3. The van der Waals surface area contributed by atoms with Crippen LogP contribution in [0.2, 0.25) is 10.0 Å². The molecule has 4 nitrogen and oxygen atoms in total. The molecule has 1 amide bonds. The summed E-state index contributed by atoms with van der Waals surface area (Å²) in [6.07, 6.45) is 0.595. The lowest BCUT2D eigenvalue weighted by Crippen LogP contribution is -2.23. The normalized spacial score (nSPS) is 16.5. The zero-order valence-electron chi connectivity index (χ0n) is 14.5. The van der Waals surface area contributed by atoms with Crippen LogP contribution in [0.3, 0.4) is 0 Å². The van der Waals surface area contributed by atoms with Crippen LogP contribution in [0.15, 0.2) is 70.2 Å². The molecule has 0 spiro atoms. The molecule has 0 saturated heterocycles. The third-order valence-electron chi connectivity index (χ3n) is 4.50. The number of carbonyl (C=O) groups is 1. The summed E-state index contributed by atoms with van der Waals surface area (Å²) in [5.74, 6) is 1.22. The zero-order valence-corrected chi connectivity index (χ0v) is 16.0. The molecule has 1 aliphatic rings. The molecule has 3 aromatic rings. The minimum atomic E-state index is -0.269. The van der Waals surface area contributed by atoms with Crippen molar-refractivity contribution in [3.8, 4) is 11.3 Å². The fourth-order valence-corrected chi connectivity index (χ4v) is 3.46. The van der Waals surface area contributed by atoms with E-state index >= 15 is 0 Å². The number of carbonyl (C=O) groups excluding carboxylic acids is 1. The van der Waals surface area contributed by atoms with Crippen LogP contribution in [0.4, 0.5) is 0 Å². The van der Waals surface area contributed by atoms with Gasteiger partial charge in [-0.25, -0.2) is 5.01 Å². The van der Waals surface area contributed by atoms with Gasteiger partial charge in [0, 0.05) is 18.9 Å². The van der Waals surface area contributed by atoms with Gasteiger partial charge in [-0.05, 0) is 35.9 Å². The minimum Gasteiger partial charge on any atom is -0.459 e. The molecular formula is C21H16Cl2N2O2. The summed E-state index contributed by atoms with van der Waals surface area (Å²) in [6.45, 7) is 1.51. The van der Waals surface area contributed by atoms with Gasteiger partial charge in [0.15, 0.2) is 0 Å². The molecule has 4 rings (SSSR count). The molecule has 1 aromatic heterocycles. The topological polar surface area (TPSA) is 45.8 Å². The predicted octanol–water partition coefficient (Wildman–Crippen LogP) is 5.95. The Hall–Kier alpha value is -2.56. The van der Waals surface area contributed by atoms with E-state index in [1.807, 2.05) is 48.5 Å². The molecule has 6 heteroatoms. The lowest BCUT2D eigenvalue weighted by atomic mass is 10.0. The Kier molecular flexibility index (Phi) is 4.77. The second-order valence-corrected chi connectivity index (χ2v) is 7.14. The number of amides is 1. The van der Waals surface area contributed by atoms with Crippen molar-refractivity contribution in [3.63, 3.8) is 0 Å². The summed E-state index contributed by atoms with van der Waals surface area (Å²) in [5.41, 5.74) is 2.69.